The van der Waals surface area contributed by atoms with Crippen LogP contribution in [0.15, 0.2) is 53.4 Å². The molecule has 2 aromatic rings. The fourth-order valence-corrected chi connectivity index (χ4v) is 3.23. The van der Waals surface area contributed by atoms with E-state index in [1.807, 2.05) is 23.9 Å². The summed E-state index contributed by atoms with van der Waals surface area (Å²) in [6.45, 7) is 1.71. The Bertz CT molecular complexity index is 807. The van der Waals surface area contributed by atoms with Gasteiger partial charge in [0.05, 0.1) is 5.02 Å². The lowest BCUT2D eigenvalue weighted by molar-refractivity contribution is -0.123. The Kier molecular flexibility index (Phi) is 6.19. The van der Waals surface area contributed by atoms with Crippen LogP contribution in [0.2, 0.25) is 5.02 Å². The number of rotatable bonds is 7. The molecule has 0 spiro atoms. The summed E-state index contributed by atoms with van der Waals surface area (Å²) >= 11 is 5.83. The molecule has 2 aromatic carbocycles. The summed E-state index contributed by atoms with van der Waals surface area (Å²) in [5.41, 5.74) is 3.23. The number of carbonyl (C=O) groups excluding carboxylic acids is 1. The molecule has 8 heteroatoms. The van der Waals surface area contributed by atoms with E-state index in [1.165, 1.54) is 18.2 Å². The van der Waals surface area contributed by atoms with Crippen LogP contribution in [0, 0.1) is 0 Å². The molecule has 0 unspecified atom stereocenters. The fourth-order valence-electron chi connectivity index (χ4n) is 1.85. The van der Waals surface area contributed by atoms with Gasteiger partial charge in [-0.25, -0.2) is 8.42 Å². The summed E-state index contributed by atoms with van der Waals surface area (Å²) in [6, 6.07) is 13.2. The molecule has 0 aromatic heterocycles. The maximum absolute atomic E-state index is 12.1. The first-order valence-electron chi connectivity index (χ1n) is 7.19. The second-order valence-electron chi connectivity index (χ2n) is 4.87. The normalized spacial score (nSPS) is 11.1. The van der Waals surface area contributed by atoms with Crippen LogP contribution >= 0.6 is 11.6 Å². The standard InChI is InChI=1S/C16H17ClN2O4S/c1-2-12-7-9-13(10-8-12)23-11-16(20)18-19-24(21,22)15-6-4-3-5-14(15)17/h3-10,19H,2,11H2,1H3,(H,18,20). The number of benzene rings is 2. The first-order chi connectivity index (χ1) is 11.4. The molecule has 0 bridgehead atoms. The molecule has 0 saturated heterocycles. The summed E-state index contributed by atoms with van der Waals surface area (Å²) in [4.78, 5) is 13.6. The number of hydrazine groups is 1. The number of nitrogens with one attached hydrogen (secondary N) is 2. The minimum absolute atomic E-state index is 0.0616. The minimum Gasteiger partial charge on any atom is -0.484 e. The van der Waals surface area contributed by atoms with Gasteiger partial charge in [0.1, 0.15) is 10.6 Å². The van der Waals surface area contributed by atoms with Gasteiger partial charge in [0, 0.05) is 0 Å². The van der Waals surface area contributed by atoms with Crippen LogP contribution in [0.1, 0.15) is 12.5 Å². The average molecular weight is 369 g/mol. The van der Waals surface area contributed by atoms with E-state index < -0.39 is 15.9 Å². The summed E-state index contributed by atoms with van der Waals surface area (Å²) in [7, 11) is -3.95. The van der Waals surface area contributed by atoms with E-state index in [4.69, 9.17) is 16.3 Å². The van der Waals surface area contributed by atoms with Gasteiger partial charge in [-0.05, 0) is 36.2 Å². The molecule has 0 heterocycles. The zero-order valence-electron chi connectivity index (χ0n) is 13.0. The zero-order chi connectivity index (χ0) is 17.6. The number of hydrogen-bond donors (Lipinski definition) is 2. The van der Waals surface area contributed by atoms with Gasteiger partial charge in [-0.3, -0.25) is 10.2 Å². The molecule has 0 aliphatic rings. The second kappa shape index (κ2) is 8.14. The van der Waals surface area contributed by atoms with Crippen LogP contribution in [0.3, 0.4) is 0 Å². The Hall–Kier alpha value is -2.09. The SMILES string of the molecule is CCc1ccc(OCC(=O)NNS(=O)(=O)c2ccccc2Cl)cc1. The van der Waals surface area contributed by atoms with Crippen LogP contribution in [0.25, 0.3) is 0 Å². The molecule has 6 nitrogen and oxygen atoms in total. The number of hydrogen-bond acceptors (Lipinski definition) is 4. The summed E-state index contributed by atoms with van der Waals surface area (Å²) in [5, 5.41) is 0.0616. The lowest BCUT2D eigenvalue weighted by Gasteiger charge is -2.10. The molecule has 0 radical (unpaired) electrons. The average Bonchev–Trinajstić information content (AvgIpc) is 2.59. The van der Waals surface area contributed by atoms with Gasteiger partial charge in [0.2, 0.25) is 0 Å². The van der Waals surface area contributed by atoms with Crippen molar-refractivity contribution >= 4 is 27.5 Å². The number of carbonyl (C=O) groups is 1. The van der Waals surface area contributed by atoms with Crippen LogP contribution < -0.4 is 15.0 Å². The molecule has 0 saturated carbocycles. The third kappa shape index (κ3) is 4.95. The highest BCUT2D eigenvalue weighted by Crippen LogP contribution is 2.19. The van der Waals surface area contributed by atoms with Crippen molar-refractivity contribution in [2.45, 2.75) is 18.2 Å². The van der Waals surface area contributed by atoms with E-state index in [-0.39, 0.29) is 16.5 Å². The molecule has 128 valence electrons. The highest BCUT2D eigenvalue weighted by atomic mass is 35.5. The number of ether oxygens (including phenoxy) is 1. The fraction of sp³-hybridized carbons (Fsp3) is 0.188. The molecule has 2 rings (SSSR count). The quantitative estimate of drug-likeness (QED) is 0.734. The van der Waals surface area contributed by atoms with Crippen molar-refractivity contribution in [3.05, 3.63) is 59.1 Å². The van der Waals surface area contributed by atoms with Crippen molar-refractivity contribution in [1.29, 1.82) is 0 Å². The Balaban J connectivity index is 1.87. The smallest absolute Gasteiger partial charge is 0.272 e. The van der Waals surface area contributed by atoms with Gasteiger partial charge in [0.25, 0.3) is 15.9 Å². The first kappa shape index (κ1) is 18.3. The van der Waals surface area contributed by atoms with Crippen molar-refractivity contribution < 1.29 is 17.9 Å². The van der Waals surface area contributed by atoms with Crippen LogP contribution in [-0.4, -0.2) is 20.9 Å². The van der Waals surface area contributed by atoms with Gasteiger partial charge in [-0.15, -0.1) is 4.83 Å². The van der Waals surface area contributed by atoms with Gasteiger partial charge in [0.15, 0.2) is 6.61 Å². The van der Waals surface area contributed by atoms with E-state index in [0.717, 1.165) is 12.0 Å². The van der Waals surface area contributed by atoms with Crippen molar-refractivity contribution in [2.75, 3.05) is 6.61 Å². The maximum atomic E-state index is 12.1. The number of halogens is 1. The van der Waals surface area contributed by atoms with Crippen LogP contribution in [0.4, 0.5) is 0 Å². The predicted octanol–water partition coefficient (Wildman–Crippen LogP) is 2.29. The molecule has 0 aliphatic heterocycles. The van der Waals surface area contributed by atoms with E-state index in [0.29, 0.717) is 5.75 Å². The minimum atomic E-state index is -3.95. The molecular weight excluding hydrogens is 352 g/mol. The third-order valence-electron chi connectivity index (χ3n) is 3.15. The second-order valence-corrected chi connectivity index (χ2v) is 6.93. The largest absolute Gasteiger partial charge is 0.484 e. The third-order valence-corrected chi connectivity index (χ3v) is 4.90. The van der Waals surface area contributed by atoms with Crippen molar-refractivity contribution in [1.82, 2.24) is 10.3 Å². The zero-order valence-corrected chi connectivity index (χ0v) is 14.5. The topological polar surface area (TPSA) is 84.5 Å². The molecule has 0 aliphatic carbocycles. The van der Waals surface area contributed by atoms with Crippen molar-refractivity contribution in [2.24, 2.45) is 0 Å². The Labute approximate surface area is 145 Å². The molecule has 24 heavy (non-hydrogen) atoms. The van der Waals surface area contributed by atoms with E-state index in [1.54, 1.807) is 18.2 Å². The molecule has 0 atom stereocenters. The molecule has 1 amide bonds. The van der Waals surface area contributed by atoms with Crippen molar-refractivity contribution in [3.63, 3.8) is 0 Å². The molecular formula is C16H17ClN2O4S. The lowest BCUT2D eigenvalue weighted by Crippen LogP contribution is -2.43. The molecule has 0 fully saturated rings. The van der Waals surface area contributed by atoms with Gasteiger partial charge in [-0.2, -0.15) is 0 Å². The summed E-state index contributed by atoms with van der Waals surface area (Å²) < 4.78 is 29.4. The Morgan fingerprint density at radius 3 is 2.42 bits per heavy atom. The Morgan fingerprint density at radius 2 is 1.79 bits per heavy atom. The number of sulfonamides is 1. The van der Waals surface area contributed by atoms with Crippen LogP contribution in [-0.2, 0) is 21.2 Å². The summed E-state index contributed by atoms with van der Waals surface area (Å²) in [6.07, 6.45) is 0.907. The monoisotopic (exact) mass is 368 g/mol. The highest BCUT2D eigenvalue weighted by Gasteiger charge is 2.18. The van der Waals surface area contributed by atoms with Gasteiger partial charge in [-0.1, -0.05) is 42.8 Å². The first-order valence-corrected chi connectivity index (χ1v) is 9.05. The van der Waals surface area contributed by atoms with Crippen LogP contribution in [0.5, 0.6) is 5.75 Å². The highest BCUT2D eigenvalue weighted by molar-refractivity contribution is 7.89. The van der Waals surface area contributed by atoms with E-state index >= 15 is 0 Å². The van der Waals surface area contributed by atoms with Gasteiger partial charge >= 0.3 is 0 Å². The number of amides is 1. The summed E-state index contributed by atoms with van der Waals surface area (Å²) in [5.74, 6) is -0.110. The van der Waals surface area contributed by atoms with E-state index in [2.05, 4.69) is 5.43 Å². The number of aryl methyl sites for hydroxylation is 1. The van der Waals surface area contributed by atoms with Gasteiger partial charge < -0.3 is 4.74 Å². The molecule has 2 N–H and O–H groups in total. The predicted molar refractivity (Wildman–Crippen MR) is 91.2 cm³/mol. The van der Waals surface area contributed by atoms with E-state index in [9.17, 15) is 13.2 Å². The lowest BCUT2D eigenvalue weighted by atomic mass is 10.2. The Morgan fingerprint density at radius 1 is 1.12 bits per heavy atom. The maximum Gasteiger partial charge on any atom is 0.272 e. The van der Waals surface area contributed by atoms with Crippen molar-refractivity contribution in [3.8, 4) is 5.75 Å².